The monoisotopic (exact) mass is 327 g/mol. The fraction of sp³-hybridized carbons (Fsp3) is 0.444. The van der Waals surface area contributed by atoms with Gasteiger partial charge in [0.1, 0.15) is 0 Å². The fourth-order valence-electron chi connectivity index (χ4n) is 4.34. The highest BCUT2D eigenvalue weighted by atomic mass is 16.4. The van der Waals surface area contributed by atoms with Gasteiger partial charge >= 0.3 is 12.0 Å². The van der Waals surface area contributed by atoms with Crippen molar-refractivity contribution in [1.82, 2.24) is 9.88 Å². The number of anilines is 1. The Labute approximate surface area is 139 Å². The van der Waals surface area contributed by atoms with Crippen LogP contribution in [0.2, 0.25) is 0 Å². The van der Waals surface area contributed by atoms with Crippen LogP contribution in [0.15, 0.2) is 24.4 Å². The smallest absolute Gasteiger partial charge is 0.321 e. The molecule has 0 bridgehead atoms. The molecule has 1 aliphatic heterocycles. The number of carbonyl (C=O) groups excluding carboxylic acids is 1. The van der Waals surface area contributed by atoms with Crippen LogP contribution in [0, 0.1) is 18.3 Å². The molecule has 0 spiro atoms. The largest absolute Gasteiger partial charge is 0.481 e. The second-order valence-electron chi connectivity index (χ2n) is 7.09. The highest BCUT2D eigenvalue weighted by Crippen LogP contribution is 2.49. The Hall–Kier alpha value is -2.50. The minimum Gasteiger partial charge on any atom is -0.481 e. The van der Waals surface area contributed by atoms with E-state index in [2.05, 4.69) is 10.3 Å². The molecule has 2 amide bonds. The number of hydrogen-bond donors (Lipinski definition) is 3. The van der Waals surface area contributed by atoms with Gasteiger partial charge < -0.3 is 20.3 Å². The number of carboxylic acid groups (broad SMARTS) is 1. The van der Waals surface area contributed by atoms with Gasteiger partial charge in [0.15, 0.2) is 0 Å². The van der Waals surface area contributed by atoms with Crippen molar-refractivity contribution in [1.29, 1.82) is 0 Å². The maximum Gasteiger partial charge on any atom is 0.321 e. The van der Waals surface area contributed by atoms with E-state index in [0.717, 1.165) is 35.0 Å². The molecule has 1 aliphatic carbocycles. The summed E-state index contributed by atoms with van der Waals surface area (Å²) in [5.41, 5.74) is 1.98. The molecule has 0 radical (unpaired) electrons. The first-order chi connectivity index (χ1) is 11.5. The van der Waals surface area contributed by atoms with Gasteiger partial charge in [-0.2, -0.15) is 0 Å². The Balaban J connectivity index is 1.54. The van der Waals surface area contributed by atoms with Crippen molar-refractivity contribution in [3.63, 3.8) is 0 Å². The van der Waals surface area contributed by atoms with E-state index in [1.165, 1.54) is 0 Å². The molecule has 1 saturated carbocycles. The Morgan fingerprint density at radius 1 is 1.42 bits per heavy atom. The Kier molecular flexibility index (Phi) is 3.30. The normalized spacial score (nSPS) is 25.9. The average Bonchev–Trinajstić information content (AvgIpc) is 3.20. The van der Waals surface area contributed by atoms with E-state index in [-0.39, 0.29) is 11.9 Å². The number of urea groups is 1. The minimum absolute atomic E-state index is 0.0766. The van der Waals surface area contributed by atoms with Crippen LogP contribution in [-0.2, 0) is 4.79 Å². The van der Waals surface area contributed by atoms with E-state index in [1.807, 2.05) is 31.3 Å². The van der Waals surface area contributed by atoms with E-state index >= 15 is 0 Å². The number of likely N-dealkylation sites (tertiary alicyclic amines) is 1. The summed E-state index contributed by atoms with van der Waals surface area (Å²) in [6.07, 6.45) is 4.37. The number of aromatic nitrogens is 1. The summed E-state index contributed by atoms with van der Waals surface area (Å²) >= 11 is 0. The molecule has 3 N–H and O–H groups in total. The number of benzene rings is 1. The van der Waals surface area contributed by atoms with Crippen molar-refractivity contribution in [2.75, 3.05) is 18.4 Å². The van der Waals surface area contributed by atoms with Gasteiger partial charge in [-0.1, -0.05) is 6.42 Å². The van der Waals surface area contributed by atoms with Crippen molar-refractivity contribution in [2.24, 2.45) is 11.3 Å². The lowest BCUT2D eigenvalue weighted by Gasteiger charge is -2.23. The molecule has 2 heterocycles. The highest BCUT2D eigenvalue weighted by molar-refractivity contribution is 5.94. The number of aryl methyl sites for hydroxylation is 1. The molecule has 1 saturated heterocycles. The standard InChI is InChI=1S/C18H21N3O3/c1-11-7-12-4-6-19-15(12)8-14(11)20-17(24)21-9-13-3-2-5-18(13,10-21)16(22)23/h4,6-8,13,19H,2-3,5,9-10H2,1H3,(H,20,24)(H,22,23)/t13-,18+/m0/s1. The number of rotatable bonds is 2. The first kappa shape index (κ1) is 15.1. The third-order valence-corrected chi connectivity index (χ3v) is 5.72. The molecule has 4 rings (SSSR count). The van der Waals surface area contributed by atoms with Gasteiger partial charge in [0.05, 0.1) is 5.41 Å². The van der Waals surface area contributed by atoms with Gasteiger partial charge in [-0.25, -0.2) is 4.79 Å². The molecule has 1 aromatic carbocycles. The second-order valence-corrected chi connectivity index (χ2v) is 7.09. The van der Waals surface area contributed by atoms with Crippen LogP contribution in [-0.4, -0.2) is 40.1 Å². The molecule has 6 heteroatoms. The van der Waals surface area contributed by atoms with Crippen molar-refractivity contribution in [2.45, 2.75) is 26.2 Å². The van der Waals surface area contributed by atoms with Crippen molar-refractivity contribution in [3.8, 4) is 0 Å². The first-order valence-corrected chi connectivity index (χ1v) is 8.37. The predicted octanol–water partition coefficient (Wildman–Crippen LogP) is 3.19. The van der Waals surface area contributed by atoms with Crippen molar-refractivity contribution in [3.05, 3.63) is 30.0 Å². The van der Waals surface area contributed by atoms with E-state index in [9.17, 15) is 14.7 Å². The van der Waals surface area contributed by atoms with Crippen LogP contribution in [0.1, 0.15) is 24.8 Å². The summed E-state index contributed by atoms with van der Waals surface area (Å²) in [7, 11) is 0. The number of carbonyl (C=O) groups is 2. The van der Waals surface area contributed by atoms with Gasteiger partial charge in [0.2, 0.25) is 0 Å². The third kappa shape index (κ3) is 2.17. The summed E-state index contributed by atoms with van der Waals surface area (Å²) in [5, 5.41) is 13.7. The summed E-state index contributed by atoms with van der Waals surface area (Å²) in [6, 6.07) is 5.73. The number of aromatic amines is 1. The van der Waals surface area contributed by atoms with E-state index in [1.54, 1.807) is 4.90 Å². The third-order valence-electron chi connectivity index (χ3n) is 5.72. The van der Waals surface area contributed by atoms with Gasteiger partial charge in [-0.3, -0.25) is 4.79 Å². The molecule has 6 nitrogen and oxygen atoms in total. The van der Waals surface area contributed by atoms with Crippen LogP contribution in [0.25, 0.3) is 10.9 Å². The van der Waals surface area contributed by atoms with E-state index in [0.29, 0.717) is 19.5 Å². The Morgan fingerprint density at radius 3 is 3.00 bits per heavy atom. The van der Waals surface area contributed by atoms with Gasteiger partial charge in [-0.15, -0.1) is 0 Å². The molecule has 2 aromatic rings. The van der Waals surface area contributed by atoms with Crippen LogP contribution in [0.4, 0.5) is 10.5 Å². The number of aliphatic carboxylic acids is 1. The van der Waals surface area contributed by atoms with Crippen LogP contribution < -0.4 is 5.32 Å². The van der Waals surface area contributed by atoms with Gasteiger partial charge in [0.25, 0.3) is 0 Å². The maximum absolute atomic E-state index is 12.6. The SMILES string of the molecule is Cc1cc2cc[nH]c2cc1NC(=O)N1C[C@@H]2CCC[C@@]2(C(=O)O)C1. The van der Waals surface area contributed by atoms with Crippen molar-refractivity contribution >= 4 is 28.6 Å². The number of hydrogen-bond acceptors (Lipinski definition) is 2. The average molecular weight is 327 g/mol. The number of H-pyrrole nitrogens is 1. The van der Waals surface area contributed by atoms with Crippen molar-refractivity contribution < 1.29 is 14.7 Å². The molecule has 126 valence electrons. The lowest BCUT2D eigenvalue weighted by atomic mass is 9.81. The van der Waals surface area contributed by atoms with E-state index < -0.39 is 11.4 Å². The highest BCUT2D eigenvalue weighted by Gasteiger charge is 2.55. The summed E-state index contributed by atoms with van der Waals surface area (Å²) in [6.45, 7) is 2.80. The molecular weight excluding hydrogens is 306 g/mol. The minimum atomic E-state index is -0.760. The molecule has 2 fully saturated rings. The number of nitrogens with zero attached hydrogens (tertiary/aromatic N) is 1. The summed E-state index contributed by atoms with van der Waals surface area (Å²) < 4.78 is 0. The quantitative estimate of drug-likeness (QED) is 0.792. The van der Waals surface area contributed by atoms with Gasteiger partial charge in [-0.05, 0) is 54.8 Å². The Bertz CT molecular complexity index is 828. The molecule has 0 unspecified atom stereocenters. The lowest BCUT2D eigenvalue weighted by molar-refractivity contribution is -0.149. The second kappa shape index (κ2) is 5.26. The van der Waals surface area contributed by atoms with E-state index in [4.69, 9.17) is 0 Å². The van der Waals surface area contributed by atoms with Crippen LogP contribution in [0.5, 0.6) is 0 Å². The molecule has 24 heavy (non-hydrogen) atoms. The topological polar surface area (TPSA) is 85.4 Å². The zero-order chi connectivity index (χ0) is 16.9. The lowest BCUT2D eigenvalue weighted by Crippen LogP contribution is -2.38. The number of nitrogens with one attached hydrogen (secondary N) is 2. The molecule has 2 aliphatic rings. The fourth-order valence-corrected chi connectivity index (χ4v) is 4.34. The number of fused-ring (bicyclic) bond motifs is 2. The van der Waals surface area contributed by atoms with Crippen LogP contribution in [0.3, 0.4) is 0 Å². The molecule has 1 aromatic heterocycles. The van der Waals surface area contributed by atoms with Crippen LogP contribution >= 0.6 is 0 Å². The Morgan fingerprint density at radius 2 is 2.25 bits per heavy atom. The predicted molar refractivity (Wildman–Crippen MR) is 91.0 cm³/mol. The molecular formula is C18H21N3O3. The zero-order valence-electron chi connectivity index (χ0n) is 13.6. The zero-order valence-corrected chi connectivity index (χ0v) is 13.6. The number of carboxylic acids is 1. The van der Waals surface area contributed by atoms with Gasteiger partial charge in [0, 0.05) is 30.5 Å². The first-order valence-electron chi connectivity index (χ1n) is 8.37. The summed E-state index contributed by atoms with van der Waals surface area (Å²) in [4.78, 5) is 29.2. The number of amides is 2. The maximum atomic E-state index is 12.6. The molecule has 2 atom stereocenters. The summed E-state index contributed by atoms with van der Waals surface area (Å²) in [5.74, 6) is -0.683.